The molecule has 0 fully saturated rings. The minimum atomic E-state index is 0.564. The summed E-state index contributed by atoms with van der Waals surface area (Å²) in [6, 6.07) is 7.51. The van der Waals surface area contributed by atoms with Gasteiger partial charge in [0.05, 0.1) is 33.2 Å². The third kappa shape index (κ3) is 2.14. The molecule has 0 aliphatic carbocycles. The molecular formula is C15H15N3O3. The minimum absolute atomic E-state index is 0.564. The molecule has 1 aromatic carbocycles. The van der Waals surface area contributed by atoms with Crippen molar-refractivity contribution >= 4 is 5.65 Å². The van der Waals surface area contributed by atoms with Crippen molar-refractivity contribution in [1.82, 2.24) is 14.6 Å². The van der Waals surface area contributed by atoms with Crippen LogP contribution in [0.25, 0.3) is 16.9 Å². The van der Waals surface area contributed by atoms with E-state index in [1.807, 2.05) is 24.3 Å². The van der Waals surface area contributed by atoms with Crippen LogP contribution in [0.15, 0.2) is 36.7 Å². The summed E-state index contributed by atoms with van der Waals surface area (Å²) < 4.78 is 17.9. The lowest BCUT2D eigenvalue weighted by atomic mass is 10.1. The van der Waals surface area contributed by atoms with Crippen molar-refractivity contribution in [3.8, 4) is 28.5 Å². The number of nitrogens with zero attached hydrogens (tertiary/aromatic N) is 3. The fourth-order valence-electron chi connectivity index (χ4n) is 2.28. The maximum absolute atomic E-state index is 5.38. The van der Waals surface area contributed by atoms with E-state index in [-0.39, 0.29) is 0 Å². The Bertz CT molecular complexity index is 758. The highest BCUT2D eigenvalue weighted by atomic mass is 16.5. The van der Waals surface area contributed by atoms with Gasteiger partial charge in [0.25, 0.3) is 0 Å². The van der Waals surface area contributed by atoms with E-state index in [0.717, 1.165) is 16.9 Å². The molecule has 108 valence electrons. The van der Waals surface area contributed by atoms with Gasteiger partial charge < -0.3 is 14.2 Å². The molecule has 2 aromatic heterocycles. The Morgan fingerprint density at radius 3 is 2.24 bits per heavy atom. The molecule has 0 spiro atoms. The van der Waals surface area contributed by atoms with E-state index in [1.54, 1.807) is 38.2 Å². The molecular weight excluding hydrogens is 270 g/mol. The number of rotatable bonds is 4. The predicted molar refractivity (Wildman–Crippen MR) is 78.1 cm³/mol. The normalized spacial score (nSPS) is 10.6. The quantitative estimate of drug-likeness (QED) is 0.737. The van der Waals surface area contributed by atoms with Gasteiger partial charge >= 0.3 is 0 Å². The average Bonchev–Trinajstić information content (AvgIpc) is 3.01. The van der Waals surface area contributed by atoms with Gasteiger partial charge in [-0.05, 0) is 18.2 Å². The fourth-order valence-corrected chi connectivity index (χ4v) is 2.28. The summed E-state index contributed by atoms with van der Waals surface area (Å²) in [5.41, 5.74) is 2.58. The summed E-state index contributed by atoms with van der Waals surface area (Å²) in [6.45, 7) is 0. The van der Waals surface area contributed by atoms with E-state index in [2.05, 4.69) is 10.1 Å². The van der Waals surface area contributed by atoms with Gasteiger partial charge in [0.1, 0.15) is 0 Å². The van der Waals surface area contributed by atoms with Gasteiger partial charge in [-0.15, -0.1) is 0 Å². The molecule has 0 unspecified atom stereocenters. The molecule has 0 saturated heterocycles. The summed E-state index contributed by atoms with van der Waals surface area (Å²) in [4.78, 5) is 4.26. The monoisotopic (exact) mass is 285 g/mol. The summed E-state index contributed by atoms with van der Waals surface area (Å²) >= 11 is 0. The van der Waals surface area contributed by atoms with Gasteiger partial charge in [-0.1, -0.05) is 0 Å². The zero-order valence-electron chi connectivity index (χ0n) is 12.0. The average molecular weight is 285 g/mol. The molecule has 0 aliphatic heterocycles. The molecule has 0 saturated carbocycles. The zero-order valence-corrected chi connectivity index (χ0v) is 12.0. The van der Waals surface area contributed by atoms with E-state index < -0.39 is 0 Å². The highest BCUT2D eigenvalue weighted by Gasteiger charge is 2.15. The Hall–Kier alpha value is -2.76. The first-order chi connectivity index (χ1) is 10.3. The van der Waals surface area contributed by atoms with Crippen LogP contribution in [0.2, 0.25) is 0 Å². The molecule has 0 bridgehead atoms. The lowest BCUT2D eigenvalue weighted by molar-refractivity contribution is 0.324. The van der Waals surface area contributed by atoms with Crippen molar-refractivity contribution in [2.45, 2.75) is 0 Å². The van der Waals surface area contributed by atoms with Crippen LogP contribution in [-0.2, 0) is 0 Å². The van der Waals surface area contributed by atoms with Gasteiger partial charge in [0.2, 0.25) is 5.75 Å². The molecule has 0 atom stereocenters. The van der Waals surface area contributed by atoms with E-state index in [9.17, 15) is 0 Å². The minimum Gasteiger partial charge on any atom is -0.493 e. The highest BCUT2D eigenvalue weighted by molar-refractivity contribution is 5.70. The first kappa shape index (κ1) is 13.2. The first-order valence-electron chi connectivity index (χ1n) is 6.37. The van der Waals surface area contributed by atoms with Crippen molar-refractivity contribution in [3.05, 3.63) is 36.7 Å². The number of hydrogen-bond acceptors (Lipinski definition) is 5. The number of ether oxygens (including phenoxy) is 3. The summed E-state index contributed by atoms with van der Waals surface area (Å²) in [7, 11) is 4.77. The van der Waals surface area contributed by atoms with Gasteiger partial charge in [0.15, 0.2) is 17.1 Å². The van der Waals surface area contributed by atoms with Crippen LogP contribution in [-0.4, -0.2) is 35.9 Å². The molecule has 3 aromatic rings. The van der Waals surface area contributed by atoms with Crippen LogP contribution in [0.1, 0.15) is 0 Å². The van der Waals surface area contributed by atoms with Crippen LogP contribution >= 0.6 is 0 Å². The highest BCUT2D eigenvalue weighted by Crippen LogP contribution is 2.41. The van der Waals surface area contributed by atoms with Crippen LogP contribution < -0.4 is 14.2 Å². The van der Waals surface area contributed by atoms with E-state index in [0.29, 0.717) is 17.2 Å². The van der Waals surface area contributed by atoms with Gasteiger partial charge in [0, 0.05) is 17.8 Å². The largest absolute Gasteiger partial charge is 0.493 e. The predicted octanol–water partition coefficient (Wildman–Crippen LogP) is 2.42. The Balaban J connectivity index is 2.25. The van der Waals surface area contributed by atoms with Gasteiger partial charge in [-0.25, -0.2) is 9.50 Å². The van der Waals surface area contributed by atoms with E-state index >= 15 is 0 Å². The Morgan fingerprint density at radius 2 is 1.62 bits per heavy atom. The Morgan fingerprint density at radius 1 is 0.905 bits per heavy atom. The summed E-state index contributed by atoms with van der Waals surface area (Å²) in [5.74, 6) is 1.77. The first-order valence-corrected chi connectivity index (χ1v) is 6.37. The second kappa shape index (κ2) is 5.32. The fraction of sp³-hybridized carbons (Fsp3) is 0.200. The van der Waals surface area contributed by atoms with Crippen LogP contribution in [0.4, 0.5) is 0 Å². The lowest BCUT2D eigenvalue weighted by Crippen LogP contribution is -1.99. The number of aromatic nitrogens is 3. The zero-order chi connectivity index (χ0) is 14.8. The molecule has 21 heavy (non-hydrogen) atoms. The Kier molecular flexibility index (Phi) is 3.35. The number of benzene rings is 1. The SMILES string of the molecule is COc1cc(-c2ccnc3ccnn23)cc(OC)c1OC. The van der Waals surface area contributed by atoms with Crippen molar-refractivity contribution in [2.75, 3.05) is 21.3 Å². The van der Waals surface area contributed by atoms with Crippen LogP contribution in [0, 0.1) is 0 Å². The molecule has 6 nitrogen and oxygen atoms in total. The molecule has 0 N–H and O–H groups in total. The molecule has 0 aliphatic rings. The summed E-state index contributed by atoms with van der Waals surface area (Å²) in [6.07, 6.45) is 3.46. The second-order valence-corrected chi connectivity index (χ2v) is 4.35. The molecule has 6 heteroatoms. The molecule has 0 amide bonds. The third-order valence-electron chi connectivity index (χ3n) is 3.25. The van der Waals surface area contributed by atoms with Crippen molar-refractivity contribution in [3.63, 3.8) is 0 Å². The number of hydrogen-bond donors (Lipinski definition) is 0. The van der Waals surface area contributed by atoms with E-state index in [4.69, 9.17) is 14.2 Å². The molecule has 3 rings (SSSR count). The Labute approximate surface area is 121 Å². The van der Waals surface area contributed by atoms with E-state index in [1.165, 1.54) is 0 Å². The van der Waals surface area contributed by atoms with Crippen molar-refractivity contribution in [2.24, 2.45) is 0 Å². The number of methoxy groups -OCH3 is 3. The van der Waals surface area contributed by atoms with Gasteiger partial charge in [-0.2, -0.15) is 5.10 Å². The number of fused-ring (bicyclic) bond motifs is 1. The van der Waals surface area contributed by atoms with Crippen LogP contribution in [0.5, 0.6) is 17.2 Å². The van der Waals surface area contributed by atoms with Crippen molar-refractivity contribution in [1.29, 1.82) is 0 Å². The lowest BCUT2D eigenvalue weighted by Gasteiger charge is -2.14. The topological polar surface area (TPSA) is 57.9 Å². The third-order valence-corrected chi connectivity index (χ3v) is 3.25. The maximum atomic E-state index is 5.38. The standard InChI is InChI=1S/C15H15N3O3/c1-19-12-8-10(9-13(20-2)15(12)21-3)11-4-6-16-14-5-7-17-18(11)14/h4-9H,1-3H3. The maximum Gasteiger partial charge on any atom is 0.203 e. The molecule has 2 heterocycles. The van der Waals surface area contributed by atoms with Crippen molar-refractivity contribution < 1.29 is 14.2 Å². The molecule has 0 radical (unpaired) electrons. The van der Waals surface area contributed by atoms with Gasteiger partial charge in [-0.3, -0.25) is 0 Å². The second-order valence-electron chi connectivity index (χ2n) is 4.35. The smallest absolute Gasteiger partial charge is 0.203 e. The van der Waals surface area contributed by atoms with Crippen LogP contribution in [0.3, 0.4) is 0 Å². The summed E-state index contributed by atoms with van der Waals surface area (Å²) in [5, 5.41) is 4.29.